The van der Waals surface area contributed by atoms with Crippen molar-refractivity contribution in [3.8, 4) is 0 Å². The molecule has 424 valence electrons. The van der Waals surface area contributed by atoms with Gasteiger partial charge in [-0.25, -0.2) is 0 Å². The first kappa shape index (κ1) is 70.3. The van der Waals surface area contributed by atoms with Gasteiger partial charge in [-0.3, -0.25) is 14.4 Å². The van der Waals surface area contributed by atoms with E-state index in [0.717, 1.165) is 96.3 Å². The second-order valence-corrected chi connectivity index (χ2v) is 20.6. The van der Waals surface area contributed by atoms with Gasteiger partial charge in [-0.05, 0) is 96.3 Å². The van der Waals surface area contributed by atoms with Crippen LogP contribution in [0.3, 0.4) is 0 Å². The van der Waals surface area contributed by atoms with E-state index in [1.54, 1.807) is 0 Å². The highest BCUT2D eigenvalue weighted by Crippen LogP contribution is 2.16. The lowest BCUT2D eigenvalue weighted by atomic mass is 10.0. The summed E-state index contributed by atoms with van der Waals surface area (Å²) in [7, 11) is 0. The van der Waals surface area contributed by atoms with Crippen molar-refractivity contribution in [2.24, 2.45) is 0 Å². The zero-order valence-corrected chi connectivity index (χ0v) is 48.6. The standard InChI is InChI=1S/C68H116O6/c1-4-7-10-13-16-19-22-25-28-31-32-33-34-35-36-38-40-43-46-49-52-55-58-61-67(70)73-64-65(63-72-66(69)60-57-54-51-48-45-42-39-30-27-24-21-18-15-12-9-6-3)74-68(71)62-59-56-53-50-47-44-41-37-29-26-23-20-17-14-11-8-5-2/h8,11,17,20,22,25-26,29,31-32,34-35,41,44,50,53,65H,4-7,9-10,12-16,18-19,21,23-24,27-28,30,33,36-40,42-43,45-49,51-52,54-64H2,1-3H3/b11-8-,20-17-,25-22-,29-26-,32-31-,35-34-,44-41-,53-50-. The molecule has 1 atom stereocenters. The van der Waals surface area contributed by atoms with Crippen LogP contribution in [0.1, 0.15) is 297 Å². The molecule has 0 amide bonds. The molecule has 74 heavy (non-hydrogen) atoms. The Morgan fingerprint density at radius 2 is 0.541 bits per heavy atom. The number of rotatable bonds is 56. The fourth-order valence-electron chi connectivity index (χ4n) is 8.66. The molecule has 0 aliphatic rings. The molecule has 0 saturated carbocycles. The van der Waals surface area contributed by atoms with Crippen molar-refractivity contribution in [2.45, 2.75) is 303 Å². The highest BCUT2D eigenvalue weighted by atomic mass is 16.6. The minimum absolute atomic E-state index is 0.101. The molecule has 0 spiro atoms. The number of carbonyl (C=O) groups excluding carboxylic acids is 3. The third kappa shape index (κ3) is 59.2. The largest absolute Gasteiger partial charge is 0.462 e. The van der Waals surface area contributed by atoms with Crippen molar-refractivity contribution in [1.82, 2.24) is 0 Å². The van der Waals surface area contributed by atoms with Crippen LogP contribution >= 0.6 is 0 Å². The summed E-state index contributed by atoms with van der Waals surface area (Å²) in [4.78, 5) is 38.3. The maximum Gasteiger partial charge on any atom is 0.306 e. The van der Waals surface area contributed by atoms with E-state index >= 15 is 0 Å². The molecule has 0 aliphatic carbocycles. The van der Waals surface area contributed by atoms with Crippen LogP contribution in [0.15, 0.2) is 97.2 Å². The lowest BCUT2D eigenvalue weighted by Gasteiger charge is -2.18. The minimum Gasteiger partial charge on any atom is -0.462 e. The third-order valence-corrected chi connectivity index (χ3v) is 13.3. The van der Waals surface area contributed by atoms with Crippen molar-refractivity contribution in [3.63, 3.8) is 0 Å². The lowest BCUT2D eigenvalue weighted by Crippen LogP contribution is -2.30. The fraction of sp³-hybridized carbons (Fsp3) is 0.721. The number of allylic oxidation sites excluding steroid dienone is 16. The van der Waals surface area contributed by atoms with Crippen LogP contribution in [0.25, 0.3) is 0 Å². The maximum atomic E-state index is 12.9. The number of esters is 3. The minimum atomic E-state index is -0.811. The monoisotopic (exact) mass is 1030 g/mol. The van der Waals surface area contributed by atoms with Crippen LogP contribution in [0, 0.1) is 0 Å². The van der Waals surface area contributed by atoms with Gasteiger partial charge in [0.05, 0.1) is 0 Å². The second-order valence-electron chi connectivity index (χ2n) is 20.6. The van der Waals surface area contributed by atoms with Crippen LogP contribution < -0.4 is 0 Å². The molecule has 6 heteroatoms. The van der Waals surface area contributed by atoms with E-state index in [1.807, 2.05) is 0 Å². The van der Waals surface area contributed by atoms with Crippen LogP contribution in [-0.4, -0.2) is 37.2 Å². The average Bonchev–Trinajstić information content (AvgIpc) is 3.40. The summed E-state index contributed by atoms with van der Waals surface area (Å²) >= 11 is 0. The average molecular weight is 1030 g/mol. The van der Waals surface area contributed by atoms with Crippen LogP contribution in [0.4, 0.5) is 0 Å². The van der Waals surface area contributed by atoms with Gasteiger partial charge in [0.1, 0.15) is 13.2 Å². The molecular weight excluding hydrogens is 913 g/mol. The number of hydrogen-bond acceptors (Lipinski definition) is 6. The van der Waals surface area contributed by atoms with E-state index in [4.69, 9.17) is 14.2 Å². The van der Waals surface area contributed by atoms with Crippen LogP contribution in [-0.2, 0) is 28.6 Å². The zero-order chi connectivity index (χ0) is 53.6. The first-order chi connectivity index (χ1) is 36.5. The van der Waals surface area contributed by atoms with E-state index in [0.29, 0.717) is 19.3 Å². The summed E-state index contributed by atoms with van der Waals surface area (Å²) in [5.41, 5.74) is 0. The van der Waals surface area contributed by atoms with Gasteiger partial charge < -0.3 is 14.2 Å². The molecule has 1 unspecified atom stereocenters. The van der Waals surface area contributed by atoms with Gasteiger partial charge in [-0.2, -0.15) is 0 Å². The van der Waals surface area contributed by atoms with E-state index in [-0.39, 0.29) is 37.5 Å². The van der Waals surface area contributed by atoms with Crippen molar-refractivity contribution >= 4 is 17.9 Å². The van der Waals surface area contributed by atoms with Gasteiger partial charge >= 0.3 is 17.9 Å². The molecule has 6 nitrogen and oxygen atoms in total. The van der Waals surface area contributed by atoms with Crippen LogP contribution in [0.5, 0.6) is 0 Å². The summed E-state index contributed by atoms with van der Waals surface area (Å²) in [6.07, 6.45) is 82.7. The van der Waals surface area contributed by atoms with E-state index < -0.39 is 6.10 Å². The molecule has 0 radical (unpaired) electrons. The smallest absolute Gasteiger partial charge is 0.306 e. The van der Waals surface area contributed by atoms with Gasteiger partial charge in [0.25, 0.3) is 0 Å². The van der Waals surface area contributed by atoms with Crippen molar-refractivity contribution in [3.05, 3.63) is 97.2 Å². The summed E-state index contributed by atoms with van der Waals surface area (Å²) in [5, 5.41) is 0. The molecule has 0 aliphatic heterocycles. The molecule has 0 fully saturated rings. The first-order valence-electron chi connectivity index (χ1n) is 31.2. The molecule has 0 rings (SSSR count). The Labute approximate surface area is 457 Å². The quantitative estimate of drug-likeness (QED) is 0.0261. The Morgan fingerprint density at radius 3 is 0.865 bits per heavy atom. The van der Waals surface area contributed by atoms with E-state index in [9.17, 15) is 14.4 Å². The van der Waals surface area contributed by atoms with Crippen molar-refractivity contribution in [1.29, 1.82) is 0 Å². The SMILES string of the molecule is CC/C=C\C/C=C\C/C=C\C/C=C\C/C=C\CCCC(=O)OC(COC(=O)CCCCCCCCCC/C=C\C/C=C\C/C=C\CCCCCCC)COC(=O)CCCCCCCCCCCCCCCCCC. The summed E-state index contributed by atoms with van der Waals surface area (Å²) in [6, 6.07) is 0. The van der Waals surface area contributed by atoms with Crippen molar-refractivity contribution in [2.75, 3.05) is 13.2 Å². The molecule has 0 bridgehead atoms. The number of hydrogen-bond donors (Lipinski definition) is 0. The molecule has 0 N–H and O–H groups in total. The maximum absolute atomic E-state index is 12.9. The Morgan fingerprint density at radius 1 is 0.284 bits per heavy atom. The Bertz CT molecular complexity index is 1460. The second kappa shape index (κ2) is 61.9. The van der Waals surface area contributed by atoms with Crippen LogP contribution in [0.2, 0.25) is 0 Å². The molecule has 0 aromatic carbocycles. The Balaban J connectivity index is 4.44. The van der Waals surface area contributed by atoms with Gasteiger partial charge in [-0.15, -0.1) is 0 Å². The van der Waals surface area contributed by atoms with E-state index in [2.05, 4.69) is 118 Å². The van der Waals surface area contributed by atoms with Gasteiger partial charge in [-0.1, -0.05) is 279 Å². The fourth-order valence-corrected chi connectivity index (χ4v) is 8.66. The van der Waals surface area contributed by atoms with Gasteiger partial charge in [0.2, 0.25) is 0 Å². The zero-order valence-electron chi connectivity index (χ0n) is 48.6. The van der Waals surface area contributed by atoms with E-state index in [1.165, 1.54) is 154 Å². The summed E-state index contributed by atoms with van der Waals surface area (Å²) in [5.74, 6) is -0.958. The van der Waals surface area contributed by atoms with Crippen molar-refractivity contribution < 1.29 is 28.6 Å². The molecule has 0 saturated heterocycles. The number of ether oxygens (including phenoxy) is 3. The first-order valence-corrected chi connectivity index (χ1v) is 31.2. The Hall–Kier alpha value is -3.67. The molecular formula is C68H116O6. The number of unbranched alkanes of at least 4 members (excludes halogenated alkanes) is 29. The predicted molar refractivity (Wildman–Crippen MR) is 320 cm³/mol. The highest BCUT2D eigenvalue weighted by molar-refractivity contribution is 5.71. The summed E-state index contributed by atoms with van der Waals surface area (Å²) < 4.78 is 16.9. The molecule has 0 heterocycles. The lowest BCUT2D eigenvalue weighted by molar-refractivity contribution is -0.167. The summed E-state index contributed by atoms with van der Waals surface area (Å²) in [6.45, 7) is 6.49. The molecule has 0 aromatic rings. The number of carbonyl (C=O) groups is 3. The van der Waals surface area contributed by atoms with Gasteiger partial charge in [0.15, 0.2) is 6.10 Å². The third-order valence-electron chi connectivity index (χ3n) is 13.3. The highest BCUT2D eigenvalue weighted by Gasteiger charge is 2.19. The normalized spacial score (nSPS) is 12.7. The topological polar surface area (TPSA) is 78.9 Å². The Kier molecular flexibility index (Phi) is 58.8. The predicted octanol–water partition coefficient (Wildman–Crippen LogP) is 21.3. The molecule has 0 aromatic heterocycles. The van der Waals surface area contributed by atoms with Gasteiger partial charge in [0, 0.05) is 19.3 Å².